The molecule has 0 aromatic carbocycles. The average molecular weight is 573 g/mol. The van der Waals surface area contributed by atoms with Crippen LogP contribution in [-0.4, -0.2) is 100 Å². The van der Waals surface area contributed by atoms with Crippen LogP contribution in [0.4, 0.5) is 0 Å². The first kappa shape index (κ1) is 35.2. The molecule has 40 heavy (non-hydrogen) atoms. The van der Waals surface area contributed by atoms with Crippen molar-refractivity contribution in [1.29, 1.82) is 0 Å². The van der Waals surface area contributed by atoms with Crippen LogP contribution in [0.1, 0.15) is 26.7 Å². The summed E-state index contributed by atoms with van der Waals surface area (Å²) in [6, 6.07) is 0. The van der Waals surface area contributed by atoms with Crippen molar-refractivity contribution >= 4 is 47.6 Å². The van der Waals surface area contributed by atoms with Crippen molar-refractivity contribution in [1.82, 2.24) is 10.6 Å². The van der Waals surface area contributed by atoms with Gasteiger partial charge in [-0.1, -0.05) is 13.2 Å². The van der Waals surface area contributed by atoms with E-state index in [1.165, 1.54) is 13.8 Å². The third-order valence-corrected chi connectivity index (χ3v) is 4.02. The first-order valence-corrected chi connectivity index (χ1v) is 11.8. The Morgan fingerprint density at radius 2 is 0.700 bits per heavy atom. The highest BCUT2D eigenvalue weighted by Crippen LogP contribution is 1.94. The lowest BCUT2D eigenvalue weighted by molar-refractivity contribution is -0.169. The molecule has 16 heteroatoms. The molecule has 0 radical (unpaired) electrons. The minimum absolute atomic E-state index is 0.0580. The molecule has 2 amide bonds. The summed E-state index contributed by atoms with van der Waals surface area (Å²) >= 11 is 0. The Kier molecular flexibility index (Phi) is 17.8. The number of amides is 2. The van der Waals surface area contributed by atoms with E-state index >= 15 is 0 Å². The largest absolute Gasteiger partial charge is 0.459 e. The molecular weight excluding hydrogens is 540 g/mol. The molecule has 0 saturated heterocycles. The smallest absolute Gasteiger partial charge is 0.417 e. The molecular formula is C24H32N2O14. The van der Waals surface area contributed by atoms with Crippen molar-refractivity contribution in [2.45, 2.75) is 26.7 Å². The Bertz CT molecular complexity index is 910. The SMILES string of the molecule is C=C(C)C(=O)OCCOC(=O)C(=O)OCCCNC(=O)C(=O)NCCCOC(=O)C(=O)OCCOC(=O)C(=C)C. The number of ether oxygens (including phenoxy) is 6. The van der Waals surface area contributed by atoms with E-state index in [0.29, 0.717) is 0 Å². The molecule has 0 aliphatic carbocycles. The zero-order valence-electron chi connectivity index (χ0n) is 22.2. The standard InChI is InChI=1S/C24H32N2O14/c1-15(2)19(29)37-11-13-39-23(33)21(31)35-9-5-7-25-17(27)18(28)26-8-6-10-36-22(32)24(34)40-14-12-38-20(30)16(3)4/h1,3,5-14H2,2,4H3,(H,25,27)(H,26,28). The van der Waals surface area contributed by atoms with Gasteiger partial charge >= 0.3 is 47.6 Å². The van der Waals surface area contributed by atoms with Gasteiger partial charge in [0.2, 0.25) is 0 Å². The number of esters is 6. The Morgan fingerprint density at radius 3 is 0.975 bits per heavy atom. The quantitative estimate of drug-likeness (QED) is 0.0701. The van der Waals surface area contributed by atoms with Crippen LogP contribution in [0.3, 0.4) is 0 Å². The normalized spacial score (nSPS) is 9.75. The van der Waals surface area contributed by atoms with E-state index in [-0.39, 0.29) is 76.7 Å². The molecule has 0 aromatic heterocycles. The van der Waals surface area contributed by atoms with Crippen LogP contribution in [0.2, 0.25) is 0 Å². The molecule has 16 nitrogen and oxygen atoms in total. The fourth-order valence-corrected chi connectivity index (χ4v) is 2.06. The van der Waals surface area contributed by atoms with Gasteiger partial charge in [-0.25, -0.2) is 28.8 Å². The summed E-state index contributed by atoms with van der Waals surface area (Å²) in [6.45, 7) is 7.73. The molecule has 222 valence electrons. The van der Waals surface area contributed by atoms with Crippen LogP contribution in [0.5, 0.6) is 0 Å². The molecule has 0 heterocycles. The zero-order valence-corrected chi connectivity index (χ0v) is 22.2. The maximum absolute atomic E-state index is 11.7. The molecule has 0 atom stereocenters. The lowest BCUT2D eigenvalue weighted by atomic mass is 10.4. The Balaban J connectivity index is 3.86. The van der Waals surface area contributed by atoms with E-state index in [0.717, 1.165) is 0 Å². The van der Waals surface area contributed by atoms with Gasteiger partial charge in [0.05, 0.1) is 13.2 Å². The van der Waals surface area contributed by atoms with Gasteiger partial charge in [0, 0.05) is 24.2 Å². The highest BCUT2D eigenvalue weighted by Gasteiger charge is 2.19. The molecule has 0 aromatic rings. The highest BCUT2D eigenvalue weighted by molar-refractivity contribution is 6.35. The van der Waals surface area contributed by atoms with Crippen molar-refractivity contribution < 1.29 is 66.8 Å². The fraction of sp³-hybridized carbons (Fsp3) is 0.500. The Hall–Kier alpha value is -4.76. The third kappa shape index (κ3) is 16.9. The molecule has 2 N–H and O–H groups in total. The highest BCUT2D eigenvalue weighted by atomic mass is 16.6. The van der Waals surface area contributed by atoms with Crippen molar-refractivity contribution in [2.24, 2.45) is 0 Å². The van der Waals surface area contributed by atoms with Crippen molar-refractivity contribution in [3.05, 3.63) is 24.3 Å². The van der Waals surface area contributed by atoms with E-state index in [4.69, 9.17) is 0 Å². The minimum atomic E-state index is -1.29. The fourth-order valence-electron chi connectivity index (χ4n) is 2.06. The van der Waals surface area contributed by atoms with Gasteiger partial charge in [0.25, 0.3) is 0 Å². The van der Waals surface area contributed by atoms with E-state index in [9.17, 15) is 38.4 Å². The zero-order chi connectivity index (χ0) is 30.5. The van der Waals surface area contributed by atoms with Gasteiger partial charge in [-0.05, 0) is 26.7 Å². The predicted octanol–water partition coefficient (Wildman–Crippen LogP) is -1.59. The third-order valence-electron chi connectivity index (χ3n) is 4.02. The van der Waals surface area contributed by atoms with E-state index < -0.39 is 47.6 Å². The maximum atomic E-state index is 11.7. The van der Waals surface area contributed by atoms with Crippen molar-refractivity contribution in [2.75, 3.05) is 52.7 Å². The van der Waals surface area contributed by atoms with Crippen molar-refractivity contribution in [3.63, 3.8) is 0 Å². The number of hydrogen-bond donors (Lipinski definition) is 2. The number of hydrogen-bond acceptors (Lipinski definition) is 14. The van der Waals surface area contributed by atoms with E-state index in [1.807, 2.05) is 0 Å². The number of nitrogens with one attached hydrogen (secondary N) is 2. The van der Waals surface area contributed by atoms with Crippen LogP contribution in [0.25, 0.3) is 0 Å². The van der Waals surface area contributed by atoms with Crippen LogP contribution in [0, 0.1) is 0 Å². The van der Waals surface area contributed by atoms with E-state index in [1.54, 1.807) is 0 Å². The van der Waals surface area contributed by atoms with Crippen LogP contribution < -0.4 is 10.6 Å². The van der Waals surface area contributed by atoms with Crippen LogP contribution in [-0.2, 0) is 66.8 Å². The predicted molar refractivity (Wildman–Crippen MR) is 131 cm³/mol. The summed E-state index contributed by atoms with van der Waals surface area (Å²) in [6.07, 6.45) is 0.160. The number of rotatable bonds is 16. The number of carbonyl (C=O) groups is 8. The molecule has 0 saturated carbocycles. The molecule has 0 fully saturated rings. The van der Waals surface area contributed by atoms with Gasteiger partial charge in [-0.2, -0.15) is 0 Å². The number of carbonyl (C=O) groups excluding carboxylic acids is 8. The summed E-state index contributed by atoms with van der Waals surface area (Å²) < 4.78 is 27.8. The summed E-state index contributed by atoms with van der Waals surface area (Å²) in [5.41, 5.74) is 0.322. The second kappa shape index (κ2) is 20.2. The summed E-state index contributed by atoms with van der Waals surface area (Å²) in [7, 11) is 0. The van der Waals surface area contributed by atoms with Gasteiger partial charge in [-0.15, -0.1) is 0 Å². The Morgan fingerprint density at radius 1 is 0.450 bits per heavy atom. The summed E-state index contributed by atoms with van der Waals surface area (Å²) in [4.78, 5) is 91.6. The van der Waals surface area contributed by atoms with E-state index in [2.05, 4.69) is 52.2 Å². The lowest BCUT2D eigenvalue weighted by Crippen LogP contribution is -2.41. The monoisotopic (exact) mass is 572 g/mol. The molecule has 0 rings (SSSR count). The minimum Gasteiger partial charge on any atom is -0.459 e. The second-order valence-corrected chi connectivity index (χ2v) is 7.60. The van der Waals surface area contributed by atoms with Crippen molar-refractivity contribution in [3.8, 4) is 0 Å². The Labute approximate surface area is 229 Å². The molecule has 0 unspecified atom stereocenters. The van der Waals surface area contributed by atoms with Crippen LogP contribution in [0.15, 0.2) is 24.3 Å². The average Bonchev–Trinajstić information content (AvgIpc) is 2.91. The summed E-state index contributed by atoms with van der Waals surface area (Å²) in [5.74, 6) is -8.47. The van der Waals surface area contributed by atoms with Crippen LogP contribution >= 0.6 is 0 Å². The second-order valence-electron chi connectivity index (χ2n) is 7.60. The molecule has 0 aliphatic rings. The maximum Gasteiger partial charge on any atom is 0.417 e. The summed E-state index contributed by atoms with van der Waals surface area (Å²) in [5, 5.41) is 4.52. The first-order chi connectivity index (χ1) is 18.9. The molecule has 0 aliphatic heterocycles. The van der Waals surface area contributed by atoms with Gasteiger partial charge in [-0.3, -0.25) is 9.59 Å². The molecule has 0 bridgehead atoms. The van der Waals surface area contributed by atoms with Gasteiger partial charge < -0.3 is 39.1 Å². The lowest BCUT2D eigenvalue weighted by Gasteiger charge is -2.08. The van der Waals surface area contributed by atoms with Gasteiger partial charge in [0.1, 0.15) is 26.4 Å². The van der Waals surface area contributed by atoms with Gasteiger partial charge in [0.15, 0.2) is 0 Å². The topological polar surface area (TPSA) is 216 Å². The first-order valence-electron chi connectivity index (χ1n) is 11.8. The molecule has 0 spiro atoms.